The van der Waals surface area contributed by atoms with E-state index in [-0.39, 0.29) is 29.6 Å². The summed E-state index contributed by atoms with van der Waals surface area (Å²) in [5, 5.41) is 9.46. The minimum atomic E-state index is -1.40. The molecule has 2 aromatic carbocycles. The molecule has 40 heavy (non-hydrogen) atoms. The average molecular weight is 558 g/mol. The topological polar surface area (TPSA) is 124 Å². The number of carboxylic acids is 1. The van der Waals surface area contributed by atoms with Crippen LogP contribution in [0.4, 0.5) is 8.78 Å². The minimum Gasteiger partial charge on any atom is -0.479 e. The van der Waals surface area contributed by atoms with Crippen LogP contribution in [0.5, 0.6) is 17.5 Å². The number of hydrogen-bond acceptors (Lipinski definition) is 7. The average Bonchev–Trinajstić information content (AvgIpc) is 2.92. The molecule has 0 aliphatic carbocycles. The second-order valence-electron chi connectivity index (χ2n) is 9.61. The van der Waals surface area contributed by atoms with Gasteiger partial charge in [-0.15, -0.1) is 0 Å². The fourth-order valence-electron chi connectivity index (χ4n) is 3.84. The summed E-state index contributed by atoms with van der Waals surface area (Å²) in [6, 6.07) is 12.5. The first-order valence-electron chi connectivity index (χ1n) is 12.6. The molecule has 9 nitrogen and oxygen atoms in total. The van der Waals surface area contributed by atoms with Gasteiger partial charge in [0, 0.05) is 38.9 Å². The van der Waals surface area contributed by atoms with Gasteiger partial charge >= 0.3 is 5.97 Å². The summed E-state index contributed by atoms with van der Waals surface area (Å²) < 4.78 is 45.3. The number of carbonyl (C=O) groups excluding carboxylic acids is 1. The van der Waals surface area contributed by atoms with Gasteiger partial charge in [0.15, 0.2) is 17.7 Å². The number of nitrogens with zero attached hydrogens (tertiary/aromatic N) is 2. The first-order valence-corrected chi connectivity index (χ1v) is 12.6. The van der Waals surface area contributed by atoms with E-state index >= 15 is 0 Å². The third kappa shape index (κ3) is 7.96. The molecule has 0 saturated heterocycles. The van der Waals surface area contributed by atoms with Gasteiger partial charge in [-0.2, -0.15) is 4.98 Å². The Morgan fingerprint density at radius 2 is 1.77 bits per heavy atom. The predicted octanol–water partition coefficient (Wildman–Crippen LogP) is 4.87. The van der Waals surface area contributed by atoms with Gasteiger partial charge in [-0.05, 0) is 53.3 Å². The van der Waals surface area contributed by atoms with Gasteiger partial charge in [0.05, 0.1) is 6.61 Å². The van der Waals surface area contributed by atoms with Gasteiger partial charge in [-0.1, -0.05) is 32.0 Å². The maximum absolute atomic E-state index is 14.8. The lowest BCUT2D eigenvalue weighted by Crippen LogP contribution is -2.30. The fourth-order valence-corrected chi connectivity index (χ4v) is 3.84. The summed E-state index contributed by atoms with van der Waals surface area (Å²) in [6.45, 7) is 4.52. The third-order valence-corrected chi connectivity index (χ3v) is 5.92. The molecular weight excluding hydrogens is 524 g/mol. The van der Waals surface area contributed by atoms with Crippen molar-refractivity contribution in [3.05, 3.63) is 71.3 Å². The Labute approximate surface area is 231 Å². The lowest BCUT2D eigenvalue weighted by atomic mass is 10.00. The second kappa shape index (κ2) is 13.8. The van der Waals surface area contributed by atoms with Gasteiger partial charge in [0.2, 0.25) is 0 Å². The van der Waals surface area contributed by atoms with Crippen molar-refractivity contribution in [2.24, 2.45) is 11.7 Å². The van der Waals surface area contributed by atoms with Crippen LogP contribution >= 0.6 is 0 Å². The summed E-state index contributed by atoms with van der Waals surface area (Å²) in [7, 11) is 3.14. The van der Waals surface area contributed by atoms with Crippen LogP contribution in [0.3, 0.4) is 0 Å². The molecule has 0 fully saturated rings. The van der Waals surface area contributed by atoms with Gasteiger partial charge in [0.25, 0.3) is 17.7 Å². The molecule has 0 spiro atoms. The van der Waals surface area contributed by atoms with E-state index in [9.17, 15) is 23.5 Å². The van der Waals surface area contributed by atoms with Crippen LogP contribution in [0.25, 0.3) is 11.1 Å². The zero-order chi connectivity index (χ0) is 29.4. The Morgan fingerprint density at radius 3 is 2.42 bits per heavy atom. The fraction of sp³-hybridized carbons (Fsp3) is 0.345. The van der Waals surface area contributed by atoms with Gasteiger partial charge in [-0.25, -0.2) is 13.6 Å². The molecule has 3 N–H and O–H groups in total. The van der Waals surface area contributed by atoms with Crippen LogP contribution in [-0.4, -0.2) is 60.3 Å². The van der Waals surface area contributed by atoms with E-state index < -0.39 is 35.5 Å². The molecule has 0 bridgehead atoms. The normalized spacial score (nSPS) is 11.8. The number of likely N-dealkylation sites (N-methyl/N-ethyl adjacent to an activating group) is 1. The molecule has 1 aromatic heterocycles. The molecule has 3 aromatic rings. The van der Waals surface area contributed by atoms with E-state index in [0.717, 1.165) is 11.1 Å². The molecule has 214 valence electrons. The monoisotopic (exact) mass is 557 g/mol. The highest BCUT2D eigenvalue weighted by atomic mass is 19.1. The van der Waals surface area contributed by atoms with Crippen molar-refractivity contribution in [2.45, 2.75) is 32.9 Å². The van der Waals surface area contributed by atoms with Gasteiger partial charge < -0.3 is 30.0 Å². The lowest BCUT2D eigenvalue weighted by Gasteiger charge is -2.19. The number of carbonyl (C=O) groups is 2. The highest BCUT2D eigenvalue weighted by molar-refractivity contribution is 5.96. The van der Waals surface area contributed by atoms with Crippen molar-refractivity contribution in [1.29, 1.82) is 0 Å². The van der Waals surface area contributed by atoms with E-state index in [1.165, 1.54) is 18.1 Å². The molecule has 0 aliphatic heterocycles. The van der Waals surface area contributed by atoms with E-state index in [1.807, 2.05) is 24.3 Å². The summed E-state index contributed by atoms with van der Waals surface area (Å²) >= 11 is 0. The number of benzene rings is 2. The zero-order valence-corrected chi connectivity index (χ0v) is 22.8. The van der Waals surface area contributed by atoms with Crippen LogP contribution in [0.1, 0.15) is 36.2 Å². The Kier molecular flexibility index (Phi) is 10.5. The van der Waals surface area contributed by atoms with E-state index in [1.54, 1.807) is 33.0 Å². The minimum absolute atomic E-state index is 0.0417. The molecule has 1 atom stereocenters. The Morgan fingerprint density at radius 1 is 1.05 bits per heavy atom. The standard InChI is InChI=1S/C29H33F2N3O6/c1-17(2)10-25(29(36)37)40-27-24(31)15-23(30)26(33-27)39-22-13-20(19-7-5-6-18(11-19)16-32)12-21(14-22)28(35)34(3)8-9-38-4/h5-7,11-15,17,25H,8-10,16,32H2,1-4H3,(H,36,37)/t25-/m1/s1. The first kappa shape index (κ1) is 30.5. The molecular formula is C29H33F2N3O6. The number of ether oxygens (including phenoxy) is 3. The SMILES string of the molecule is COCCN(C)C(=O)c1cc(Oc2nc(O[C@H](CC(C)C)C(=O)O)c(F)cc2F)cc(-c2cccc(CN)c2)c1. The van der Waals surface area contributed by atoms with Crippen molar-refractivity contribution >= 4 is 11.9 Å². The molecule has 0 saturated carbocycles. The molecule has 0 aliphatic rings. The number of aliphatic carboxylic acids is 1. The first-order chi connectivity index (χ1) is 19.0. The van der Waals surface area contributed by atoms with E-state index in [0.29, 0.717) is 31.3 Å². The highest BCUT2D eigenvalue weighted by Crippen LogP contribution is 2.32. The molecule has 0 unspecified atom stereocenters. The molecule has 11 heteroatoms. The number of nitrogens with two attached hydrogens (primary N) is 1. The number of hydrogen-bond donors (Lipinski definition) is 2. The molecule has 1 heterocycles. The van der Waals surface area contributed by atoms with Crippen molar-refractivity contribution in [2.75, 3.05) is 27.3 Å². The summed E-state index contributed by atoms with van der Waals surface area (Å²) in [5.74, 6) is -5.36. The number of halogens is 2. The van der Waals surface area contributed by atoms with Crippen molar-refractivity contribution < 1.29 is 37.7 Å². The zero-order valence-electron chi connectivity index (χ0n) is 22.8. The maximum atomic E-state index is 14.8. The molecule has 0 radical (unpaired) electrons. The number of aromatic nitrogens is 1. The van der Waals surface area contributed by atoms with Crippen LogP contribution in [0, 0.1) is 17.6 Å². The van der Waals surface area contributed by atoms with Crippen molar-refractivity contribution in [3.8, 4) is 28.6 Å². The van der Waals surface area contributed by atoms with Crippen LogP contribution in [0.15, 0.2) is 48.5 Å². The number of methoxy groups -OCH3 is 1. The number of carboxylic acid groups (broad SMARTS) is 1. The smallest absolute Gasteiger partial charge is 0.344 e. The van der Waals surface area contributed by atoms with Crippen molar-refractivity contribution in [3.63, 3.8) is 0 Å². The van der Waals surface area contributed by atoms with Gasteiger partial charge in [0.1, 0.15) is 5.75 Å². The van der Waals surface area contributed by atoms with Crippen molar-refractivity contribution in [1.82, 2.24) is 9.88 Å². The number of pyridine rings is 1. The molecule has 3 rings (SSSR count). The molecule has 1 amide bonds. The lowest BCUT2D eigenvalue weighted by molar-refractivity contribution is -0.146. The Balaban J connectivity index is 2.04. The summed E-state index contributed by atoms with van der Waals surface area (Å²) in [6.07, 6.45) is -1.32. The quantitative estimate of drug-likeness (QED) is 0.305. The van der Waals surface area contributed by atoms with Crippen LogP contribution in [0.2, 0.25) is 0 Å². The third-order valence-electron chi connectivity index (χ3n) is 5.92. The van der Waals surface area contributed by atoms with Crippen LogP contribution < -0.4 is 15.2 Å². The number of amides is 1. The number of rotatable bonds is 13. The summed E-state index contributed by atoms with van der Waals surface area (Å²) in [5.41, 5.74) is 8.20. The second-order valence-corrected chi connectivity index (χ2v) is 9.61. The summed E-state index contributed by atoms with van der Waals surface area (Å²) in [4.78, 5) is 30.0. The van der Waals surface area contributed by atoms with E-state index in [4.69, 9.17) is 19.9 Å². The van der Waals surface area contributed by atoms with Gasteiger partial charge in [-0.3, -0.25) is 4.79 Å². The predicted molar refractivity (Wildman–Crippen MR) is 144 cm³/mol. The Hall–Kier alpha value is -4.09. The Bertz CT molecular complexity index is 1350. The highest BCUT2D eigenvalue weighted by Gasteiger charge is 2.25. The van der Waals surface area contributed by atoms with E-state index in [2.05, 4.69) is 4.98 Å². The largest absolute Gasteiger partial charge is 0.479 e. The van der Waals surface area contributed by atoms with Crippen LogP contribution in [-0.2, 0) is 16.1 Å². The maximum Gasteiger partial charge on any atom is 0.344 e.